The largest absolute Gasteiger partial charge is 0.444 e. The van der Waals surface area contributed by atoms with Gasteiger partial charge < -0.3 is 29.3 Å². The lowest BCUT2D eigenvalue weighted by molar-refractivity contribution is -0.111. The third kappa shape index (κ3) is 8.51. The lowest BCUT2D eigenvalue weighted by Gasteiger charge is -2.42. The molecule has 4 amide bonds. The number of anilines is 2. The zero-order chi connectivity index (χ0) is 33.7. The summed E-state index contributed by atoms with van der Waals surface area (Å²) in [6.07, 6.45) is 9.96. The maximum atomic E-state index is 14.5. The molecule has 0 bridgehead atoms. The molecule has 4 heterocycles. The van der Waals surface area contributed by atoms with Crippen LogP contribution in [0.4, 0.5) is 21.1 Å². The van der Waals surface area contributed by atoms with Gasteiger partial charge in [-0.2, -0.15) is 0 Å². The number of amides is 4. The van der Waals surface area contributed by atoms with Gasteiger partial charge in [-0.05, 0) is 96.3 Å². The first-order valence-corrected chi connectivity index (χ1v) is 16.6. The van der Waals surface area contributed by atoms with Gasteiger partial charge in [-0.15, -0.1) is 0 Å². The predicted molar refractivity (Wildman–Crippen MR) is 186 cm³/mol. The summed E-state index contributed by atoms with van der Waals surface area (Å²) in [6, 6.07) is 11.7. The fourth-order valence-electron chi connectivity index (χ4n) is 6.42. The molecule has 2 aliphatic heterocycles. The van der Waals surface area contributed by atoms with E-state index >= 15 is 0 Å². The molecule has 2 aliphatic rings. The van der Waals surface area contributed by atoms with Crippen molar-refractivity contribution in [1.82, 2.24) is 24.3 Å². The number of urea groups is 1. The number of hydrogen-bond donors (Lipinski definition) is 1. The standard InChI is InChI=1S/C36H49N7O4/c1-36(2,3)47-35(46)42-21-7-9-30(25-42)43(33-32-28(15-19-37-33)16-22-40(32)6)34(45)41-23-17-27(18-24-41)26-11-13-29(14-12-26)38-31(44)10-8-20-39(4)5/h8,10-16,19,22,27,30H,7,9,17-18,20-21,23-25H2,1-6H3,(H,38,44)/b10-8+/t30-/m1/s1. The summed E-state index contributed by atoms with van der Waals surface area (Å²) in [5.41, 5.74) is 2.25. The van der Waals surface area contributed by atoms with Gasteiger partial charge in [0.2, 0.25) is 5.91 Å². The molecule has 0 unspecified atom stereocenters. The Morgan fingerprint density at radius 2 is 1.72 bits per heavy atom. The Morgan fingerprint density at radius 3 is 2.40 bits per heavy atom. The molecule has 252 valence electrons. The summed E-state index contributed by atoms with van der Waals surface area (Å²) >= 11 is 0. The highest BCUT2D eigenvalue weighted by atomic mass is 16.6. The van der Waals surface area contributed by atoms with Crippen molar-refractivity contribution < 1.29 is 19.1 Å². The van der Waals surface area contributed by atoms with Crippen molar-refractivity contribution in [3.05, 3.63) is 66.5 Å². The minimum atomic E-state index is -0.600. The van der Waals surface area contributed by atoms with Gasteiger partial charge in [0.15, 0.2) is 5.82 Å². The summed E-state index contributed by atoms with van der Waals surface area (Å²) in [4.78, 5) is 52.1. The minimum absolute atomic E-state index is 0.0823. The van der Waals surface area contributed by atoms with Crippen LogP contribution in [0.1, 0.15) is 57.9 Å². The van der Waals surface area contributed by atoms with E-state index in [-0.39, 0.29) is 24.1 Å². The maximum Gasteiger partial charge on any atom is 0.410 e. The average molecular weight is 644 g/mol. The molecule has 2 fully saturated rings. The maximum absolute atomic E-state index is 14.5. The second-order valence-corrected chi connectivity index (χ2v) is 13.9. The van der Waals surface area contributed by atoms with Crippen molar-refractivity contribution in [3.63, 3.8) is 0 Å². The Bertz CT molecular complexity index is 1580. The molecule has 1 atom stereocenters. The van der Waals surface area contributed by atoms with Gasteiger partial charge in [0.05, 0.1) is 11.6 Å². The van der Waals surface area contributed by atoms with E-state index in [1.807, 2.05) is 97.7 Å². The van der Waals surface area contributed by atoms with Gasteiger partial charge in [-0.25, -0.2) is 14.6 Å². The number of carbonyl (C=O) groups is 3. The molecule has 1 aromatic carbocycles. The summed E-state index contributed by atoms with van der Waals surface area (Å²) < 4.78 is 7.70. The number of ether oxygens (including phenoxy) is 1. The van der Waals surface area contributed by atoms with E-state index in [1.165, 1.54) is 5.56 Å². The fourth-order valence-corrected chi connectivity index (χ4v) is 6.42. The highest BCUT2D eigenvalue weighted by Gasteiger charge is 2.38. The topological polar surface area (TPSA) is 103 Å². The summed E-state index contributed by atoms with van der Waals surface area (Å²) in [7, 11) is 5.88. The number of likely N-dealkylation sites (N-methyl/N-ethyl adjacent to an activating group) is 1. The van der Waals surface area contributed by atoms with E-state index in [9.17, 15) is 14.4 Å². The number of piperidine rings is 2. The van der Waals surface area contributed by atoms with Crippen LogP contribution in [0.25, 0.3) is 10.9 Å². The summed E-state index contributed by atoms with van der Waals surface area (Å²) in [5.74, 6) is 0.778. The van der Waals surface area contributed by atoms with Gasteiger partial charge in [0.1, 0.15) is 5.60 Å². The van der Waals surface area contributed by atoms with Gasteiger partial charge in [-0.3, -0.25) is 9.69 Å². The molecule has 0 radical (unpaired) electrons. The SMILES string of the molecule is CN(C)C/C=C/C(=O)Nc1ccc(C2CCN(C(=O)N(c3nccc4ccn(C)c34)[C@@H]3CCCN(C(=O)OC(C)(C)C)C3)CC2)cc1. The molecule has 0 saturated carbocycles. The van der Waals surface area contributed by atoms with Gasteiger partial charge in [-0.1, -0.05) is 18.2 Å². The van der Waals surface area contributed by atoms with Crippen LogP contribution in [0.2, 0.25) is 0 Å². The third-order valence-electron chi connectivity index (χ3n) is 8.77. The normalized spacial score (nSPS) is 17.8. The van der Waals surface area contributed by atoms with Crippen molar-refractivity contribution >= 4 is 40.4 Å². The van der Waals surface area contributed by atoms with E-state index in [0.717, 1.165) is 42.3 Å². The smallest absolute Gasteiger partial charge is 0.410 e. The summed E-state index contributed by atoms with van der Waals surface area (Å²) in [5, 5.41) is 3.93. The van der Waals surface area contributed by atoms with E-state index in [0.29, 0.717) is 44.5 Å². The molecule has 1 N–H and O–H groups in total. The predicted octanol–water partition coefficient (Wildman–Crippen LogP) is 5.84. The first-order chi connectivity index (χ1) is 22.4. The molecule has 0 spiro atoms. The second kappa shape index (κ2) is 14.6. The van der Waals surface area contributed by atoms with Crippen LogP contribution in [-0.4, -0.2) is 101 Å². The number of benzene rings is 1. The quantitative estimate of drug-likeness (QED) is 0.325. The molecule has 11 heteroatoms. The number of likely N-dealkylation sites (tertiary alicyclic amines) is 2. The number of nitrogens with zero attached hydrogens (tertiary/aromatic N) is 6. The van der Waals surface area contributed by atoms with Crippen LogP contribution in [0.5, 0.6) is 0 Å². The molecule has 2 saturated heterocycles. The average Bonchev–Trinajstić information content (AvgIpc) is 3.42. The van der Waals surface area contributed by atoms with Gasteiger partial charge >= 0.3 is 12.1 Å². The van der Waals surface area contributed by atoms with Crippen molar-refractivity contribution in [1.29, 1.82) is 0 Å². The monoisotopic (exact) mass is 643 g/mol. The molecule has 3 aromatic rings. The third-order valence-corrected chi connectivity index (χ3v) is 8.77. The Hall–Kier alpha value is -4.38. The molecule has 5 rings (SSSR count). The van der Waals surface area contributed by atoms with Crippen molar-refractivity contribution in [3.8, 4) is 0 Å². The molecule has 47 heavy (non-hydrogen) atoms. The van der Waals surface area contributed by atoms with Gasteiger partial charge in [0, 0.05) is 69.3 Å². The van der Waals surface area contributed by atoms with Crippen molar-refractivity contribution in [2.45, 2.75) is 64.0 Å². The Morgan fingerprint density at radius 1 is 1.00 bits per heavy atom. The first kappa shape index (κ1) is 34.0. The van der Waals surface area contributed by atoms with Crippen LogP contribution in [0.15, 0.2) is 60.9 Å². The number of aromatic nitrogens is 2. The van der Waals surface area contributed by atoms with Crippen LogP contribution in [0.3, 0.4) is 0 Å². The highest BCUT2D eigenvalue weighted by Crippen LogP contribution is 2.33. The lowest BCUT2D eigenvalue weighted by atomic mass is 9.89. The Balaban J connectivity index is 1.29. The highest BCUT2D eigenvalue weighted by molar-refractivity contribution is 6.01. The molecular formula is C36H49N7O4. The molecule has 11 nitrogen and oxygen atoms in total. The van der Waals surface area contributed by atoms with Crippen LogP contribution in [-0.2, 0) is 16.6 Å². The van der Waals surface area contributed by atoms with Crippen LogP contribution < -0.4 is 10.2 Å². The summed E-state index contributed by atoms with van der Waals surface area (Å²) in [6.45, 7) is 8.50. The second-order valence-electron chi connectivity index (χ2n) is 13.9. The van der Waals surface area contributed by atoms with E-state index in [1.54, 1.807) is 17.2 Å². The number of nitrogens with one attached hydrogen (secondary N) is 1. The number of pyridine rings is 1. The number of hydrogen-bond acceptors (Lipinski definition) is 6. The number of aryl methyl sites for hydroxylation is 1. The number of carbonyl (C=O) groups excluding carboxylic acids is 3. The van der Waals surface area contributed by atoms with Crippen LogP contribution in [0, 0.1) is 0 Å². The first-order valence-electron chi connectivity index (χ1n) is 16.6. The van der Waals surface area contributed by atoms with E-state index in [2.05, 4.69) is 17.4 Å². The zero-order valence-corrected chi connectivity index (χ0v) is 28.6. The zero-order valence-electron chi connectivity index (χ0n) is 28.6. The molecule has 2 aromatic heterocycles. The number of fused-ring (bicyclic) bond motifs is 1. The lowest BCUT2D eigenvalue weighted by Crippen LogP contribution is -2.57. The number of rotatable bonds is 7. The minimum Gasteiger partial charge on any atom is -0.444 e. The van der Waals surface area contributed by atoms with E-state index in [4.69, 9.17) is 9.72 Å². The fraction of sp³-hybridized carbons (Fsp3) is 0.500. The van der Waals surface area contributed by atoms with Crippen molar-refractivity contribution in [2.75, 3.05) is 57.0 Å². The Labute approximate surface area is 278 Å². The molecular weight excluding hydrogens is 594 g/mol. The Kier molecular flexibility index (Phi) is 10.5. The molecule has 0 aliphatic carbocycles. The van der Waals surface area contributed by atoms with Gasteiger partial charge in [0.25, 0.3) is 0 Å². The van der Waals surface area contributed by atoms with Crippen molar-refractivity contribution in [2.24, 2.45) is 7.05 Å². The van der Waals surface area contributed by atoms with Crippen LogP contribution >= 0.6 is 0 Å². The van der Waals surface area contributed by atoms with E-state index < -0.39 is 5.60 Å².